The molecule has 0 fully saturated rings. The van der Waals surface area contributed by atoms with Gasteiger partial charge in [0.2, 0.25) is 0 Å². The van der Waals surface area contributed by atoms with E-state index in [0.29, 0.717) is 5.56 Å². The van der Waals surface area contributed by atoms with Crippen LogP contribution in [0.3, 0.4) is 0 Å². The largest absolute Gasteiger partial charge is 0.456 e. The van der Waals surface area contributed by atoms with Crippen LogP contribution in [-0.4, -0.2) is 24.3 Å². The van der Waals surface area contributed by atoms with Gasteiger partial charge >= 0.3 is 5.97 Å². The van der Waals surface area contributed by atoms with Crippen LogP contribution in [0.25, 0.3) is 0 Å². The fourth-order valence-corrected chi connectivity index (χ4v) is 3.78. The Labute approximate surface area is 177 Å². The molecule has 1 N–H and O–H groups in total. The molecule has 5 heteroatoms. The molecule has 2 aromatic carbocycles. The number of amides is 1. The van der Waals surface area contributed by atoms with E-state index < -0.39 is 5.97 Å². The Kier molecular flexibility index (Phi) is 7.39. The van der Waals surface area contributed by atoms with Crippen molar-refractivity contribution in [2.24, 2.45) is 0 Å². The average molecular weight is 408 g/mol. The van der Waals surface area contributed by atoms with Gasteiger partial charge in [0.25, 0.3) is 5.91 Å². The number of esters is 1. The summed E-state index contributed by atoms with van der Waals surface area (Å²) in [6.07, 6.45) is 4.00. The summed E-state index contributed by atoms with van der Waals surface area (Å²) in [5.41, 5.74) is 5.36. The first kappa shape index (κ1) is 21.8. The Morgan fingerprint density at radius 2 is 1.73 bits per heavy atom. The third-order valence-corrected chi connectivity index (χ3v) is 5.56. The highest BCUT2D eigenvalue weighted by molar-refractivity contribution is 5.98. The van der Waals surface area contributed by atoms with Crippen LogP contribution in [-0.2, 0) is 27.2 Å². The van der Waals surface area contributed by atoms with Crippen molar-refractivity contribution < 1.29 is 19.1 Å². The fraction of sp³-hybridized carbons (Fsp3) is 0.400. The highest BCUT2D eigenvalue weighted by Crippen LogP contribution is 2.23. The Morgan fingerprint density at radius 1 is 1.00 bits per heavy atom. The lowest BCUT2D eigenvalue weighted by molar-refractivity contribution is -0.148. The van der Waals surface area contributed by atoms with Crippen molar-refractivity contribution in [3.05, 3.63) is 70.3 Å². The molecule has 0 aliphatic heterocycles. The van der Waals surface area contributed by atoms with Crippen LogP contribution in [0.4, 0.5) is 0 Å². The summed E-state index contributed by atoms with van der Waals surface area (Å²) < 4.78 is 5.06. The van der Waals surface area contributed by atoms with E-state index in [1.165, 1.54) is 11.1 Å². The van der Waals surface area contributed by atoms with Crippen LogP contribution in [0.15, 0.2) is 42.5 Å². The number of benzene rings is 2. The zero-order valence-electron chi connectivity index (χ0n) is 17.7. The Balaban J connectivity index is 1.42. The maximum atomic E-state index is 12.4. The van der Waals surface area contributed by atoms with Crippen molar-refractivity contribution in [2.75, 3.05) is 6.61 Å². The molecule has 3 rings (SSSR count). The van der Waals surface area contributed by atoms with Gasteiger partial charge < -0.3 is 10.1 Å². The van der Waals surface area contributed by atoms with Crippen molar-refractivity contribution in [3.8, 4) is 0 Å². The van der Waals surface area contributed by atoms with Crippen molar-refractivity contribution in [2.45, 2.75) is 58.4 Å². The number of ether oxygens (including phenoxy) is 1. The fourth-order valence-electron chi connectivity index (χ4n) is 3.78. The van der Waals surface area contributed by atoms with Crippen LogP contribution < -0.4 is 5.32 Å². The molecule has 0 aromatic heterocycles. The number of hydrogen-bond acceptors (Lipinski definition) is 4. The maximum Gasteiger partial charge on any atom is 0.306 e. The Bertz CT molecular complexity index is 917. The molecule has 1 aliphatic rings. The van der Waals surface area contributed by atoms with Gasteiger partial charge in [-0.25, -0.2) is 0 Å². The lowest BCUT2D eigenvalue weighted by Crippen LogP contribution is -2.32. The highest BCUT2D eigenvalue weighted by atomic mass is 16.5. The van der Waals surface area contributed by atoms with Crippen molar-refractivity contribution in [1.82, 2.24) is 5.32 Å². The van der Waals surface area contributed by atoms with Crippen LogP contribution in [0.1, 0.15) is 71.3 Å². The Morgan fingerprint density at radius 3 is 2.47 bits per heavy atom. The molecule has 0 saturated carbocycles. The van der Waals surface area contributed by atoms with Gasteiger partial charge in [-0.05, 0) is 55.4 Å². The standard InChI is InChI=1S/C25H29NO4/c1-3-22(19-9-7-17(2)8-10-19)26-24(28)16-30-25(29)14-13-23(27)21-12-11-18-5-4-6-20(18)15-21/h7-12,15,22H,3-6,13-14,16H2,1-2H3,(H,26,28)/t22-/m0/s1. The summed E-state index contributed by atoms with van der Waals surface area (Å²) in [6.45, 7) is 3.66. The van der Waals surface area contributed by atoms with E-state index in [9.17, 15) is 14.4 Å². The predicted octanol–water partition coefficient (Wildman–Crippen LogP) is 4.26. The predicted molar refractivity (Wildman–Crippen MR) is 115 cm³/mol. The minimum Gasteiger partial charge on any atom is -0.456 e. The number of fused-ring (bicyclic) bond motifs is 1. The molecule has 0 unspecified atom stereocenters. The van der Waals surface area contributed by atoms with Gasteiger partial charge in [0.1, 0.15) is 0 Å². The number of rotatable bonds is 9. The smallest absolute Gasteiger partial charge is 0.306 e. The van der Waals surface area contributed by atoms with Crippen molar-refractivity contribution >= 4 is 17.7 Å². The van der Waals surface area contributed by atoms with E-state index in [2.05, 4.69) is 5.32 Å². The summed E-state index contributed by atoms with van der Waals surface area (Å²) in [5, 5.41) is 2.89. The van der Waals surface area contributed by atoms with E-state index in [0.717, 1.165) is 36.8 Å². The summed E-state index contributed by atoms with van der Waals surface area (Å²) >= 11 is 0. The molecule has 1 atom stereocenters. The molecule has 0 saturated heterocycles. The topological polar surface area (TPSA) is 72.5 Å². The second-order valence-corrected chi connectivity index (χ2v) is 7.86. The van der Waals surface area contributed by atoms with Gasteiger partial charge in [-0.15, -0.1) is 0 Å². The molecular formula is C25H29NO4. The molecule has 158 valence electrons. The Hall–Kier alpha value is -2.95. The monoisotopic (exact) mass is 407 g/mol. The first-order valence-corrected chi connectivity index (χ1v) is 10.6. The minimum absolute atomic E-state index is 0.0294. The molecule has 0 spiro atoms. The lowest BCUT2D eigenvalue weighted by atomic mass is 10.0. The molecule has 0 radical (unpaired) electrons. The normalized spacial score (nSPS) is 13.4. The van der Waals surface area contributed by atoms with Gasteiger partial charge in [0.15, 0.2) is 12.4 Å². The highest BCUT2D eigenvalue weighted by Gasteiger charge is 2.17. The summed E-state index contributed by atoms with van der Waals surface area (Å²) in [4.78, 5) is 36.5. The molecule has 5 nitrogen and oxygen atoms in total. The van der Waals surface area contributed by atoms with Crippen LogP contribution in [0, 0.1) is 6.92 Å². The third-order valence-electron chi connectivity index (χ3n) is 5.56. The van der Waals surface area contributed by atoms with E-state index in [1.807, 2.05) is 56.3 Å². The first-order chi connectivity index (χ1) is 14.5. The van der Waals surface area contributed by atoms with Gasteiger partial charge in [-0.3, -0.25) is 14.4 Å². The summed E-state index contributed by atoms with van der Waals surface area (Å²) in [5.74, 6) is -0.958. The second kappa shape index (κ2) is 10.2. The quantitative estimate of drug-likeness (QED) is 0.498. The number of hydrogen-bond donors (Lipinski definition) is 1. The first-order valence-electron chi connectivity index (χ1n) is 10.6. The number of nitrogens with one attached hydrogen (secondary N) is 1. The van der Waals surface area contributed by atoms with Gasteiger partial charge in [0.05, 0.1) is 12.5 Å². The van der Waals surface area contributed by atoms with Gasteiger partial charge in [0, 0.05) is 12.0 Å². The minimum atomic E-state index is -0.539. The molecule has 30 heavy (non-hydrogen) atoms. The summed E-state index contributed by atoms with van der Waals surface area (Å²) in [7, 11) is 0. The van der Waals surface area contributed by atoms with Crippen LogP contribution in [0.2, 0.25) is 0 Å². The molecule has 1 aliphatic carbocycles. The average Bonchev–Trinajstić information content (AvgIpc) is 3.23. The molecule has 0 heterocycles. The molecule has 2 aromatic rings. The number of Topliss-reactive ketones (excluding diaryl/α,β-unsaturated/α-hetero) is 1. The zero-order chi connectivity index (χ0) is 21.5. The van der Waals surface area contributed by atoms with Crippen LogP contribution >= 0.6 is 0 Å². The van der Waals surface area contributed by atoms with Crippen molar-refractivity contribution in [3.63, 3.8) is 0 Å². The van der Waals surface area contributed by atoms with E-state index in [4.69, 9.17) is 4.74 Å². The van der Waals surface area contributed by atoms with Crippen molar-refractivity contribution in [1.29, 1.82) is 0 Å². The number of carbonyl (C=O) groups is 3. The number of aryl methyl sites for hydroxylation is 3. The SMILES string of the molecule is CC[C@H](NC(=O)COC(=O)CCC(=O)c1ccc2c(c1)CCC2)c1ccc(C)cc1. The molecular weight excluding hydrogens is 378 g/mol. The second-order valence-electron chi connectivity index (χ2n) is 7.86. The number of carbonyl (C=O) groups excluding carboxylic acids is 3. The van der Waals surface area contributed by atoms with Gasteiger partial charge in [-0.2, -0.15) is 0 Å². The number of ketones is 1. The zero-order valence-corrected chi connectivity index (χ0v) is 17.7. The van der Waals surface area contributed by atoms with E-state index >= 15 is 0 Å². The maximum absolute atomic E-state index is 12.4. The van der Waals surface area contributed by atoms with Gasteiger partial charge in [-0.1, -0.05) is 48.9 Å². The lowest BCUT2D eigenvalue weighted by Gasteiger charge is -2.17. The molecule has 1 amide bonds. The van der Waals surface area contributed by atoms with Crippen LogP contribution in [0.5, 0.6) is 0 Å². The summed E-state index contributed by atoms with van der Waals surface area (Å²) in [6, 6.07) is 13.6. The van der Waals surface area contributed by atoms with E-state index in [1.54, 1.807) is 0 Å². The third kappa shape index (κ3) is 5.78. The van der Waals surface area contributed by atoms with E-state index in [-0.39, 0.29) is 37.2 Å². The molecule has 0 bridgehead atoms.